The number of rotatable bonds is 2. The molecule has 4 heteroatoms. The molecule has 0 aromatic heterocycles. The van der Waals surface area contributed by atoms with Crippen molar-refractivity contribution in [1.82, 2.24) is 0 Å². The zero-order valence-electron chi connectivity index (χ0n) is 9.34. The van der Waals surface area contributed by atoms with Gasteiger partial charge < -0.3 is 15.9 Å². The normalized spacial score (nSPS) is 10.4. The van der Waals surface area contributed by atoms with Gasteiger partial charge in [0.15, 0.2) is 0 Å². The number of nitrogens with two attached hydrogens (primary N) is 1. The maximum atomic E-state index is 9.68. The van der Waals surface area contributed by atoms with Gasteiger partial charge in [0.2, 0.25) is 0 Å². The Morgan fingerprint density at radius 3 is 2.47 bits per heavy atom. The number of hydrogen-bond donors (Lipinski definition) is 3. The summed E-state index contributed by atoms with van der Waals surface area (Å²) in [5.41, 5.74) is 7.09. The van der Waals surface area contributed by atoms with Crippen LogP contribution in [0.15, 0.2) is 46.2 Å². The molecule has 2 aromatic rings. The van der Waals surface area contributed by atoms with Crippen LogP contribution in [0.5, 0.6) is 11.5 Å². The molecule has 2 aromatic carbocycles. The van der Waals surface area contributed by atoms with Gasteiger partial charge in [-0.25, -0.2) is 0 Å². The molecule has 0 aliphatic heterocycles. The van der Waals surface area contributed by atoms with Crippen LogP contribution < -0.4 is 5.73 Å². The van der Waals surface area contributed by atoms with E-state index in [1.165, 1.54) is 11.8 Å². The standard InChI is InChI=1S/C13H13NO2S/c1-8-2-4-10(7-12(8)16)17-13-6-9(14)3-5-11(13)15/h2-7,15-16H,14H2,1H3. The van der Waals surface area contributed by atoms with Crippen LogP contribution in [-0.4, -0.2) is 10.2 Å². The molecular formula is C13H13NO2S. The molecule has 0 heterocycles. The van der Waals surface area contributed by atoms with Gasteiger partial charge in [0.25, 0.3) is 0 Å². The van der Waals surface area contributed by atoms with Crippen molar-refractivity contribution in [2.45, 2.75) is 16.7 Å². The van der Waals surface area contributed by atoms with E-state index < -0.39 is 0 Å². The molecule has 0 amide bonds. The van der Waals surface area contributed by atoms with Crippen LogP contribution >= 0.6 is 11.8 Å². The molecule has 0 fully saturated rings. The third-order valence-electron chi connectivity index (χ3n) is 2.39. The number of aryl methyl sites for hydroxylation is 1. The molecule has 0 unspecified atom stereocenters. The lowest BCUT2D eigenvalue weighted by molar-refractivity contribution is 0.462. The third kappa shape index (κ3) is 2.65. The molecule has 0 radical (unpaired) electrons. The van der Waals surface area contributed by atoms with E-state index in [2.05, 4.69) is 0 Å². The molecule has 0 bridgehead atoms. The number of aromatic hydroxyl groups is 2. The van der Waals surface area contributed by atoms with Crippen molar-refractivity contribution in [2.24, 2.45) is 0 Å². The highest BCUT2D eigenvalue weighted by molar-refractivity contribution is 7.99. The fourth-order valence-corrected chi connectivity index (χ4v) is 2.32. The molecule has 17 heavy (non-hydrogen) atoms. The molecule has 88 valence electrons. The largest absolute Gasteiger partial charge is 0.508 e. The van der Waals surface area contributed by atoms with Gasteiger partial charge in [-0.3, -0.25) is 0 Å². The molecule has 0 aliphatic rings. The summed E-state index contributed by atoms with van der Waals surface area (Å²) in [6.07, 6.45) is 0. The maximum Gasteiger partial charge on any atom is 0.129 e. The summed E-state index contributed by atoms with van der Waals surface area (Å²) in [5.74, 6) is 0.433. The highest BCUT2D eigenvalue weighted by Gasteiger charge is 2.05. The quantitative estimate of drug-likeness (QED) is 0.563. The number of benzene rings is 2. The van der Waals surface area contributed by atoms with Crippen LogP contribution in [0, 0.1) is 6.92 Å². The van der Waals surface area contributed by atoms with E-state index in [1.54, 1.807) is 24.3 Å². The van der Waals surface area contributed by atoms with Gasteiger partial charge in [0, 0.05) is 10.6 Å². The lowest BCUT2D eigenvalue weighted by atomic mass is 10.2. The summed E-state index contributed by atoms with van der Waals surface area (Å²) >= 11 is 1.36. The number of anilines is 1. The number of nitrogen functional groups attached to an aromatic ring is 1. The van der Waals surface area contributed by atoms with Gasteiger partial charge >= 0.3 is 0 Å². The lowest BCUT2D eigenvalue weighted by Crippen LogP contribution is -1.85. The van der Waals surface area contributed by atoms with Gasteiger partial charge in [0.1, 0.15) is 11.5 Å². The van der Waals surface area contributed by atoms with Crippen LogP contribution in [0.3, 0.4) is 0 Å². The summed E-state index contributed by atoms with van der Waals surface area (Å²) in [6.45, 7) is 1.84. The number of hydrogen-bond acceptors (Lipinski definition) is 4. The Balaban J connectivity index is 2.31. The Morgan fingerprint density at radius 2 is 1.76 bits per heavy atom. The summed E-state index contributed by atoms with van der Waals surface area (Å²) in [7, 11) is 0. The topological polar surface area (TPSA) is 66.5 Å². The van der Waals surface area contributed by atoms with Crippen molar-refractivity contribution in [3.05, 3.63) is 42.0 Å². The summed E-state index contributed by atoms with van der Waals surface area (Å²) in [6, 6.07) is 10.3. The molecule has 0 aliphatic carbocycles. The number of phenols is 2. The Hall–Kier alpha value is -1.81. The smallest absolute Gasteiger partial charge is 0.129 e. The second kappa shape index (κ2) is 4.59. The maximum absolute atomic E-state index is 9.68. The fourth-order valence-electron chi connectivity index (χ4n) is 1.39. The lowest BCUT2D eigenvalue weighted by Gasteiger charge is -2.06. The minimum atomic E-state index is 0.185. The molecule has 0 atom stereocenters. The molecule has 0 saturated carbocycles. The fraction of sp³-hybridized carbons (Fsp3) is 0.0769. The van der Waals surface area contributed by atoms with Gasteiger partial charge in [-0.1, -0.05) is 17.8 Å². The summed E-state index contributed by atoms with van der Waals surface area (Å²) in [4.78, 5) is 1.53. The predicted octanol–water partition coefficient (Wildman–Crippen LogP) is 3.14. The first-order chi connectivity index (χ1) is 8.06. The molecule has 0 saturated heterocycles. The van der Waals surface area contributed by atoms with Crippen LogP contribution in [0.4, 0.5) is 5.69 Å². The van der Waals surface area contributed by atoms with E-state index in [0.29, 0.717) is 10.6 Å². The predicted molar refractivity (Wildman–Crippen MR) is 69.5 cm³/mol. The van der Waals surface area contributed by atoms with Crippen molar-refractivity contribution >= 4 is 17.4 Å². The van der Waals surface area contributed by atoms with Crippen LogP contribution in [0.25, 0.3) is 0 Å². The van der Waals surface area contributed by atoms with Crippen LogP contribution in [-0.2, 0) is 0 Å². The van der Waals surface area contributed by atoms with E-state index in [1.807, 2.05) is 19.1 Å². The first-order valence-electron chi connectivity index (χ1n) is 5.12. The Kier molecular flexibility index (Phi) is 3.15. The second-order valence-corrected chi connectivity index (χ2v) is 4.89. The molecule has 2 rings (SSSR count). The van der Waals surface area contributed by atoms with Gasteiger partial charge in [-0.05, 0) is 42.8 Å². The van der Waals surface area contributed by atoms with Crippen molar-refractivity contribution in [3.8, 4) is 11.5 Å². The van der Waals surface area contributed by atoms with Gasteiger partial charge in [0.05, 0.1) is 4.90 Å². The third-order valence-corrected chi connectivity index (χ3v) is 3.43. The highest BCUT2D eigenvalue weighted by Crippen LogP contribution is 2.37. The van der Waals surface area contributed by atoms with Gasteiger partial charge in [-0.15, -0.1) is 0 Å². The van der Waals surface area contributed by atoms with E-state index in [-0.39, 0.29) is 11.5 Å². The first kappa shape index (κ1) is 11.7. The zero-order valence-corrected chi connectivity index (χ0v) is 10.2. The van der Waals surface area contributed by atoms with Crippen molar-refractivity contribution in [2.75, 3.05) is 5.73 Å². The minimum Gasteiger partial charge on any atom is -0.508 e. The van der Waals surface area contributed by atoms with E-state index in [9.17, 15) is 10.2 Å². The Morgan fingerprint density at radius 1 is 1.00 bits per heavy atom. The van der Waals surface area contributed by atoms with Crippen molar-refractivity contribution < 1.29 is 10.2 Å². The van der Waals surface area contributed by atoms with Crippen molar-refractivity contribution in [3.63, 3.8) is 0 Å². The van der Waals surface area contributed by atoms with Crippen LogP contribution in [0.1, 0.15) is 5.56 Å². The van der Waals surface area contributed by atoms with Gasteiger partial charge in [-0.2, -0.15) is 0 Å². The summed E-state index contributed by atoms with van der Waals surface area (Å²) in [5, 5.41) is 19.3. The zero-order chi connectivity index (χ0) is 12.4. The monoisotopic (exact) mass is 247 g/mol. The first-order valence-corrected chi connectivity index (χ1v) is 5.94. The molecule has 3 nitrogen and oxygen atoms in total. The molecule has 0 spiro atoms. The minimum absolute atomic E-state index is 0.185. The van der Waals surface area contributed by atoms with E-state index in [0.717, 1.165) is 10.5 Å². The molecular weight excluding hydrogens is 234 g/mol. The summed E-state index contributed by atoms with van der Waals surface area (Å²) < 4.78 is 0. The SMILES string of the molecule is Cc1ccc(Sc2cc(N)ccc2O)cc1O. The Labute approximate surface area is 104 Å². The number of phenolic OH excluding ortho intramolecular Hbond substituents is 2. The highest BCUT2D eigenvalue weighted by atomic mass is 32.2. The van der Waals surface area contributed by atoms with E-state index in [4.69, 9.17) is 5.73 Å². The Bertz CT molecular complexity index is 555. The average Bonchev–Trinajstić information content (AvgIpc) is 2.29. The van der Waals surface area contributed by atoms with Crippen LogP contribution in [0.2, 0.25) is 0 Å². The molecule has 4 N–H and O–H groups in total. The van der Waals surface area contributed by atoms with E-state index >= 15 is 0 Å². The average molecular weight is 247 g/mol. The van der Waals surface area contributed by atoms with Crippen molar-refractivity contribution in [1.29, 1.82) is 0 Å². The second-order valence-electron chi connectivity index (χ2n) is 3.78.